The summed E-state index contributed by atoms with van der Waals surface area (Å²) in [7, 11) is 0. The Bertz CT molecular complexity index is 717. The van der Waals surface area contributed by atoms with Crippen molar-refractivity contribution in [2.75, 3.05) is 5.88 Å². The summed E-state index contributed by atoms with van der Waals surface area (Å²) in [4.78, 5) is 36.1. The molecule has 0 radical (unpaired) electrons. The van der Waals surface area contributed by atoms with Gasteiger partial charge in [0.15, 0.2) is 5.78 Å². The van der Waals surface area contributed by atoms with E-state index in [4.69, 9.17) is 0 Å². The third-order valence-electron chi connectivity index (χ3n) is 8.09. The number of ketones is 2. The molecule has 3 fully saturated rings. The van der Waals surface area contributed by atoms with E-state index in [9.17, 15) is 19.7 Å². The summed E-state index contributed by atoms with van der Waals surface area (Å²) >= 11 is 1.13. The number of allylic oxidation sites excluding steroid dienone is 1. The number of Topliss-reactive ketones (excluding diaryl/α,β-unsaturated/α-hetero) is 2. The summed E-state index contributed by atoms with van der Waals surface area (Å²) in [6.45, 7) is 4.47. The number of rotatable bonds is 3. The minimum Gasteiger partial charge on any atom is -0.299 e. The molecule has 0 heterocycles. The zero-order valence-corrected chi connectivity index (χ0v) is 16.4. The van der Waals surface area contributed by atoms with Gasteiger partial charge in [-0.1, -0.05) is 13.8 Å². The molecule has 0 aromatic heterocycles. The number of carbonyl (C=O) groups excluding carboxylic acids is 2. The highest BCUT2D eigenvalue weighted by Gasteiger charge is 2.59. The summed E-state index contributed by atoms with van der Waals surface area (Å²) in [6, 6.07) is 0. The summed E-state index contributed by atoms with van der Waals surface area (Å²) in [5.74, 6) is 1.87. The van der Waals surface area contributed by atoms with E-state index in [1.807, 2.05) is 0 Å². The van der Waals surface area contributed by atoms with Gasteiger partial charge < -0.3 is 0 Å². The number of carbonyl (C=O) groups is 2. The average Bonchev–Trinajstić information content (AvgIpc) is 2.89. The molecule has 4 rings (SSSR count). The molecule has 6 heteroatoms. The number of hydrogen-bond acceptors (Lipinski definition) is 5. The normalized spacial score (nSPS) is 42.3. The number of thioether (sulfide) groups is 1. The van der Waals surface area contributed by atoms with Gasteiger partial charge in [-0.3, -0.25) is 19.7 Å². The van der Waals surface area contributed by atoms with Crippen molar-refractivity contribution in [2.45, 2.75) is 65.2 Å². The average molecular weight is 378 g/mol. The maximum atomic E-state index is 12.5. The Morgan fingerprint density at radius 2 is 1.77 bits per heavy atom. The molecule has 0 amide bonds. The lowest BCUT2D eigenvalue weighted by atomic mass is 9.47. The maximum Gasteiger partial charge on any atom is 0.253 e. The van der Waals surface area contributed by atoms with Gasteiger partial charge in [0.05, 0.1) is 4.91 Å². The molecule has 0 bridgehead atoms. The molecule has 0 aromatic carbocycles. The molecule has 142 valence electrons. The Morgan fingerprint density at radius 3 is 2.50 bits per heavy atom. The molecule has 0 aliphatic heterocycles. The zero-order valence-electron chi connectivity index (χ0n) is 15.6. The summed E-state index contributed by atoms with van der Waals surface area (Å²) in [5.41, 5.74) is 1.03. The van der Waals surface area contributed by atoms with Crippen LogP contribution in [0, 0.1) is 38.7 Å². The van der Waals surface area contributed by atoms with Crippen LogP contribution < -0.4 is 0 Å². The van der Waals surface area contributed by atoms with Crippen LogP contribution in [0.25, 0.3) is 0 Å². The van der Waals surface area contributed by atoms with Gasteiger partial charge in [-0.05, 0) is 79.0 Å². The van der Waals surface area contributed by atoms with E-state index in [-0.39, 0.29) is 27.4 Å². The van der Waals surface area contributed by atoms with Gasteiger partial charge in [0.2, 0.25) is 0 Å². The van der Waals surface area contributed by atoms with Crippen LogP contribution in [0.1, 0.15) is 65.2 Å². The predicted molar refractivity (Wildman–Crippen MR) is 100 cm³/mol. The largest absolute Gasteiger partial charge is 0.299 e. The third kappa shape index (κ3) is 2.51. The maximum absolute atomic E-state index is 12.5. The van der Waals surface area contributed by atoms with E-state index in [1.165, 1.54) is 5.57 Å². The van der Waals surface area contributed by atoms with Crippen molar-refractivity contribution in [3.05, 3.63) is 20.6 Å². The fourth-order valence-corrected chi connectivity index (χ4v) is 7.73. The number of nitro groups is 1. The minimum atomic E-state index is -0.348. The van der Waals surface area contributed by atoms with Crippen molar-refractivity contribution < 1.29 is 14.5 Å². The van der Waals surface area contributed by atoms with Crippen molar-refractivity contribution in [1.82, 2.24) is 0 Å². The SMILES string of the molecule is C[C@]12CCC(=O)C(SC[N+](=O)[O-])=C1CC[C@@H]1[C@@H]2CC[C@]2(C)C(=O)CC[C@@H]12. The highest BCUT2D eigenvalue weighted by Crippen LogP contribution is 2.65. The number of hydrogen-bond donors (Lipinski definition) is 0. The Hall–Kier alpha value is -1.17. The molecule has 0 aromatic rings. The second-order valence-electron chi connectivity index (χ2n) is 9.09. The van der Waals surface area contributed by atoms with Crippen molar-refractivity contribution >= 4 is 23.3 Å². The Balaban J connectivity index is 1.68. The first-order chi connectivity index (χ1) is 12.3. The Labute approximate surface area is 158 Å². The van der Waals surface area contributed by atoms with E-state index in [0.29, 0.717) is 34.9 Å². The van der Waals surface area contributed by atoms with Crippen LogP contribution in [0.4, 0.5) is 0 Å². The van der Waals surface area contributed by atoms with Crippen LogP contribution in [0.5, 0.6) is 0 Å². The van der Waals surface area contributed by atoms with E-state index in [0.717, 1.165) is 56.7 Å². The molecule has 4 aliphatic rings. The molecule has 26 heavy (non-hydrogen) atoms. The minimum absolute atomic E-state index is 0.0251. The molecule has 0 spiro atoms. The molecule has 0 unspecified atom stereocenters. The molecule has 5 nitrogen and oxygen atoms in total. The highest BCUT2D eigenvalue weighted by molar-refractivity contribution is 8.03. The molecule has 4 aliphatic carbocycles. The first-order valence-electron chi connectivity index (χ1n) is 9.82. The lowest BCUT2D eigenvalue weighted by molar-refractivity contribution is -0.456. The second-order valence-corrected chi connectivity index (χ2v) is 10.0. The van der Waals surface area contributed by atoms with Gasteiger partial charge in [0.1, 0.15) is 5.78 Å². The van der Waals surface area contributed by atoms with Crippen LogP contribution in [0.3, 0.4) is 0 Å². The third-order valence-corrected chi connectivity index (χ3v) is 9.20. The topological polar surface area (TPSA) is 77.3 Å². The molecule has 0 saturated heterocycles. The quantitative estimate of drug-likeness (QED) is 0.414. The zero-order chi connectivity index (χ0) is 18.7. The summed E-state index contributed by atoms with van der Waals surface area (Å²) < 4.78 is 0. The lowest BCUT2D eigenvalue weighted by Gasteiger charge is -2.57. The van der Waals surface area contributed by atoms with E-state index >= 15 is 0 Å². The standard InChI is InChI=1S/C20H27NO4S/c1-19-10-8-16(22)18(26-11-21(24)25)15(19)4-3-12-13-5-6-17(23)20(13,2)9-7-14(12)19/h12-14H,3-11H2,1-2H3/t12-,13-,14-,19+,20-/m0/s1. The van der Waals surface area contributed by atoms with Crippen LogP contribution in [-0.4, -0.2) is 22.4 Å². The Kier molecular flexibility index (Phi) is 4.33. The fourth-order valence-electron chi connectivity index (χ4n) is 6.72. The first-order valence-corrected chi connectivity index (χ1v) is 10.8. The highest BCUT2D eigenvalue weighted by atomic mass is 32.2. The van der Waals surface area contributed by atoms with Gasteiger partial charge in [-0.25, -0.2) is 0 Å². The van der Waals surface area contributed by atoms with Crippen LogP contribution in [-0.2, 0) is 9.59 Å². The van der Waals surface area contributed by atoms with E-state index in [2.05, 4.69) is 13.8 Å². The molecular formula is C20H27NO4S. The van der Waals surface area contributed by atoms with Crippen molar-refractivity contribution in [1.29, 1.82) is 0 Å². The van der Waals surface area contributed by atoms with E-state index < -0.39 is 0 Å². The number of fused-ring (bicyclic) bond motifs is 5. The molecule has 0 N–H and O–H groups in total. The van der Waals surface area contributed by atoms with Gasteiger partial charge >= 0.3 is 0 Å². The van der Waals surface area contributed by atoms with Gasteiger partial charge in [0, 0.05) is 23.2 Å². The smallest absolute Gasteiger partial charge is 0.253 e. The van der Waals surface area contributed by atoms with Gasteiger partial charge in [-0.15, -0.1) is 0 Å². The van der Waals surface area contributed by atoms with Crippen molar-refractivity contribution in [3.8, 4) is 0 Å². The van der Waals surface area contributed by atoms with E-state index in [1.54, 1.807) is 0 Å². The lowest BCUT2D eigenvalue weighted by Crippen LogP contribution is -2.51. The monoisotopic (exact) mass is 377 g/mol. The van der Waals surface area contributed by atoms with Crippen molar-refractivity contribution in [3.63, 3.8) is 0 Å². The van der Waals surface area contributed by atoms with Crippen LogP contribution >= 0.6 is 11.8 Å². The predicted octanol–water partition coefficient (Wildman–Crippen LogP) is 4.38. The molecular weight excluding hydrogens is 350 g/mol. The summed E-state index contributed by atoms with van der Waals surface area (Å²) in [5, 5.41) is 10.8. The van der Waals surface area contributed by atoms with Gasteiger partial charge in [0.25, 0.3) is 5.88 Å². The molecule has 5 atom stereocenters. The summed E-state index contributed by atoms with van der Waals surface area (Å²) in [6.07, 6.45) is 7.02. The van der Waals surface area contributed by atoms with Crippen LogP contribution in [0.2, 0.25) is 0 Å². The number of nitrogens with zero attached hydrogens (tertiary/aromatic N) is 1. The molecule has 3 saturated carbocycles. The van der Waals surface area contributed by atoms with Gasteiger partial charge in [-0.2, -0.15) is 0 Å². The van der Waals surface area contributed by atoms with Crippen molar-refractivity contribution in [2.24, 2.45) is 28.6 Å². The first kappa shape index (κ1) is 18.2. The fraction of sp³-hybridized carbons (Fsp3) is 0.800. The second kappa shape index (κ2) is 6.18. The Morgan fingerprint density at radius 1 is 1.04 bits per heavy atom. The van der Waals surface area contributed by atoms with Crippen LogP contribution in [0.15, 0.2) is 10.5 Å².